The molecule has 0 atom stereocenters. The number of fused-ring (bicyclic) bond motifs is 1. The molecule has 0 saturated heterocycles. The molecule has 0 amide bonds. The summed E-state index contributed by atoms with van der Waals surface area (Å²) in [5.74, 6) is -0.0932. The number of nitrogens with zero attached hydrogens (tertiary/aromatic N) is 1. The summed E-state index contributed by atoms with van der Waals surface area (Å²) in [5.41, 5.74) is 1.87. The van der Waals surface area contributed by atoms with Crippen molar-refractivity contribution in [2.45, 2.75) is 39.7 Å². The van der Waals surface area contributed by atoms with Crippen LogP contribution in [0.15, 0.2) is 42.5 Å². The van der Waals surface area contributed by atoms with Gasteiger partial charge in [-0.25, -0.2) is 0 Å². The Morgan fingerprint density at radius 3 is 2.31 bits per heavy atom. The highest BCUT2D eigenvalue weighted by Gasteiger charge is 2.26. The molecular weight excluding hydrogens is 390 g/mol. The van der Waals surface area contributed by atoms with Crippen molar-refractivity contribution in [3.05, 3.63) is 64.3 Å². The Morgan fingerprint density at radius 2 is 1.72 bits per heavy atom. The number of hydrogen-bond donors (Lipinski definition) is 0. The van der Waals surface area contributed by atoms with Crippen LogP contribution in [0.1, 0.15) is 42.4 Å². The number of aromatic nitrogens is 1. The van der Waals surface area contributed by atoms with Gasteiger partial charge in [-0.15, -0.1) is 0 Å². The SMILES string of the molecule is COc1ccc2c(c1Cl)c(CC(=O)OC(C)(C)C)c(C)n2C(=O)c1ccccc1. The van der Waals surface area contributed by atoms with Crippen LogP contribution in [-0.2, 0) is 16.0 Å². The number of esters is 1. The number of carbonyl (C=O) groups excluding carboxylic acids is 2. The minimum atomic E-state index is -0.606. The summed E-state index contributed by atoms with van der Waals surface area (Å²) in [6.45, 7) is 7.26. The Balaban J connectivity index is 2.21. The summed E-state index contributed by atoms with van der Waals surface area (Å²) in [6, 6.07) is 12.5. The Kier molecular flexibility index (Phi) is 5.71. The second kappa shape index (κ2) is 7.91. The standard InChI is InChI=1S/C23H24ClNO4/c1-14-16(13-19(26)29-23(2,3)4)20-17(11-12-18(28-5)21(20)24)25(14)22(27)15-9-7-6-8-10-15/h6-12H,13H2,1-5H3. The fourth-order valence-corrected chi connectivity index (χ4v) is 3.74. The van der Waals surface area contributed by atoms with Gasteiger partial charge in [-0.05, 0) is 57.5 Å². The highest BCUT2D eigenvalue weighted by atomic mass is 35.5. The summed E-state index contributed by atoms with van der Waals surface area (Å²) in [5, 5.41) is 0.991. The van der Waals surface area contributed by atoms with Gasteiger partial charge >= 0.3 is 5.97 Å². The lowest BCUT2D eigenvalue weighted by molar-refractivity contribution is -0.153. The van der Waals surface area contributed by atoms with Crippen LogP contribution in [-0.4, -0.2) is 29.2 Å². The van der Waals surface area contributed by atoms with E-state index in [9.17, 15) is 9.59 Å². The molecule has 0 unspecified atom stereocenters. The molecular formula is C23H24ClNO4. The summed E-state index contributed by atoms with van der Waals surface area (Å²) in [4.78, 5) is 25.8. The quantitative estimate of drug-likeness (QED) is 0.552. The van der Waals surface area contributed by atoms with E-state index in [1.807, 2.05) is 45.9 Å². The zero-order chi connectivity index (χ0) is 21.3. The third-order valence-corrected chi connectivity index (χ3v) is 4.96. The molecule has 0 aliphatic rings. The van der Waals surface area contributed by atoms with Gasteiger partial charge in [0.25, 0.3) is 5.91 Å². The molecule has 0 bridgehead atoms. The maximum absolute atomic E-state index is 13.2. The molecule has 1 aromatic heterocycles. The van der Waals surface area contributed by atoms with Crippen molar-refractivity contribution in [3.8, 4) is 5.75 Å². The van der Waals surface area contributed by atoms with Gasteiger partial charge in [0.15, 0.2) is 0 Å². The van der Waals surface area contributed by atoms with Crippen molar-refractivity contribution < 1.29 is 19.1 Å². The largest absolute Gasteiger partial charge is 0.495 e. The number of methoxy groups -OCH3 is 1. The predicted molar refractivity (Wildman–Crippen MR) is 114 cm³/mol. The predicted octanol–water partition coefficient (Wildman–Crippen LogP) is 5.18. The normalized spacial score (nSPS) is 11.5. The van der Waals surface area contributed by atoms with E-state index in [0.29, 0.717) is 38.5 Å². The van der Waals surface area contributed by atoms with Crippen LogP contribution >= 0.6 is 11.6 Å². The van der Waals surface area contributed by atoms with Gasteiger partial charge in [-0.1, -0.05) is 29.8 Å². The van der Waals surface area contributed by atoms with Crippen molar-refractivity contribution in [1.29, 1.82) is 0 Å². The molecule has 0 radical (unpaired) electrons. The van der Waals surface area contributed by atoms with Crippen LogP contribution < -0.4 is 4.74 Å². The molecule has 152 valence electrons. The van der Waals surface area contributed by atoms with E-state index in [1.165, 1.54) is 7.11 Å². The average Bonchev–Trinajstić information content (AvgIpc) is 2.93. The van der Waals surface area contributed by atoms with Gasteiger partial charge in [0, 0.05) is 16.6 Å². The monoisotopic (exact) mass is 413 g/mol. The number of benzene rings is 2. The number of rotatable bonds is 4. The molecule has 2 aromatic carbocycles. The molecule has 0 spiro atoms. The second-order valence-electron chi connectivity index (χ2n) is 7.81. The molecule has 6 heteroatoms. The molecule has 0 N–H and O–H groups in total. The van der Waals surface area contributed by atoms with E-state index in [4.69, 9.17) is 21.1 Å². The first-order valence-electron chi connectivity index (χ1n) is 9.32. The highest BCUT2D eigenvalue weighted by molar-refractivity contribution is 6.37. The first-order chi connectivity index (χ1) is 13.6. The Bertz CT molecular complexity index is 1080. The molecule has 3 rings (SSSR count). The molecule has 0 aliphatic heterocycles. The van der Waals surface area contributed by atoms with Crippen LogP contribution in [0.3, 0.4) is 0 Å². The van der Waals surface area contributed by atoms with Gasteiger partial charge in [0.05, 0.1) is 24.1 Å². The summed E-state index contributed by atoms with van der Waals surface area (Å²) >= 11 is 6.60. The van der Waals surface area contributed by atoms with Crippen LogP contribution in [0.4, 0.5) is 0 Å². The van der Waals surface area contributed by atoms with Gasteiger partial charge in [-0.2, -0.15) is 0 Å². The van der Waals surface area contributed by atoms with Gasteiger partial charge < -0.3 is 9.47 Å². The van der Waals surface area contributed by atoms with Crippen molar-refractivity contribution in [2.24, 2.45) is 0 Å². The van der Waals surface area contributed by atoms with Gasteiger partial charge in [0.1, 0.15) is 11.4 Å². The first kappa shape index (κ1) is 20.9. The topological polar surface area (TPSA) is 57.5 Å². The van der Waals surface area contributed by atoms with E-state index in [-0.39, 0.29) is 18.3 Å². The molecule has 0 fully saturated rings. The lowest BCUT2D eigenvalue weighted by Crippen LogP contribution is -2.25. The number of halogens is 1. The van der Waals surface area contributed by atoms with E-state index in [0.717, 1.165) is 0 Å². The smallest absolute Gasteiger partial charge is 0.310 e. The highest BCUT2D eigenvalue weighted by Crippen LogP contribution is 2.38. The third kappa shape index (κ3) is 4.15. The fourth-order valence-electron chi connectivity index (χ4n) is 3.38. The number of hydrogen-bond acceptors (Lipinski definition) is 4. The van der Waals surface area contributed by atoms with Crippen LogP contribution in [0, 0.1) is 6.92 Å². The lowest BCUT2D eigenvalue weighted by atomic mass is 10.1. The van der Waals surface area contributed by atoms with Crippen molar-refractivity contribution in [3.63, 3.8) is 0 Å². The Labute approximate surface area is 175 Å². The van der Waals surface area contributed by atoms with Crippen molar-refractivity contribution in [1.82, 2.24) is 4.57 Å². The summed E-state index contributed by atoms with van der Waals surface area (Å²) < 4.78 is 12.4. The first-order valence-corrected chi connectivity index (χ1v) is 9.70. The van der Waals surface area contributed by atoms with E-state index in [2.05, 4.69) is 0 Å². The molecule has 29 heavy (non-hydrogen) atoms. The van der Waals surface area contributed by atoms with Gasteiger partial charge in [0.2, 0.25) is 0 Å². The lowest BCUT2D eigenvalue weighted by Gasteiger charge is -2.19. The second-order valence-corrected chi connectivity index (χ2v) is 8.19. The number of carbonyl (C=O) groups is 2. The zero-order valence-electron chi connectivity index (χ0n) is 17.2. The van der Waals surface area contributed by atoms with E-state index >= 15 is 0 Å². The van der Waals surface area contributed by atoms with E-state index in [1.54, 1.807) is 28.8 Å². The maximum atomic E-state index is 13.2. The fraction of sp³-hybridized carbons (Fsp3) is 0.304. The van der Waals surface area contributed by atoms with Gasteiger partial charge in [-0.3, -0.25) is 14.2 Å². The molecule has 1 heterocycles. The van der Waals surface area contributed by atoms with Crippen LogP contribution in [0.25, 0.3) is 10.9 Å². The molecule has 0 aliphatic carbocycles. The number of ether oxygens (including phenoxy) is 2. The van der Waals surface area contributed by atoms with Crippen molar-refractivity contribution in [2.75, 3.05) is 7.11 Å². The van der Waals surface area contributed by atoms with Crippen LogP contribution in [0.2, 0.25) is 5.02 Å². The summed E-state index contributed by atoms with van der Waals surface area (Å²) in [7, 11) is 1.53. The average molecular weight is 414 g/mol. The third-order valence-electron chi connectivity index (χ3n) is 4.58. The minimum absolute atomic E-state index is 0.00155. The zero-order valence-corrected chi connectivity index (χ0v) is 18.0. The Morgan fingerprint density at radius 1 is 1.07 bits per heavy atom. The van der Waals surface area contributed by atoms with Crippen molar-refractivity contribution >= 4 is 34.4 Å². The van der Waals surface area contributed by atoms with E-state index < -0.39 is 5.60 Å². The molecule has 3 aromatic rings. The summed E-state index contributed by atoms with van der Waals surface area (Å²) in [6.07, 6.45) is 0.00155. The van der Waals surface area contributed by atoms with Crippen LogP contribution in [0.5, 0.6) is 5.75 Å². The molecule has 0 saturated carbocycles. The minimum Gasteiger partial charge on any atom is -0.495 e. The maximum Gasteiger partial charge on any atom is 0.310 e. The Hall–Kier alpha value is -2.79. The molecule has 5 nitrogen and oxygen atoms in total.